The van der Waals surface area contributed by atoms with Gasteiger partial charge in [-0.25, -0.2) is 0 Å². The van der Waals surface area contributed by atoms with Gasteiger partial charge in [-0.05, 0) is 25.3 Å². The zero-order valence-corrected chi connectivity index (χ0v) is 17.0. The highest BCUT2D eigenvalue weighted by Crippen LogP contribution is 2.50. The minimum Gasteiger partial charge on any atom is -0.387 e. The normalized spacial score (nSPS) is 31.4. The average molecular weight is 402 g/mol. The third-order valence-electron chi connectivity index (χ3n) is 6.68. The second-order valence-corrected chi connectivity index (χ2v) is 8.18. The Bertz CT molecular complexity index is 870. The number of aryl methyl sites for hydroxylation is 1. The van der Waals surface area contributed by atoms with Gasteiger partial charge < -0.3 is 20.5 Å². The number of fused-ring (bicyclic) bond motifs is 4. The Morgan fingerprint density at radius 2 is 2.07 bits per heavy atom. The molecule has 0 unspecified atom stereocenters. The fourth-order valence-electron chi connectivity index (χ4n) is 5.36. The van der Waals surface area contributed by atoms with Crippen molar-refractivity contribution in [3.8, 4) is 0 Å². The second-order valence-electron chi connectivity index (χ2n) is 8.18. The SMILES string of the molecule is CCc1cccc2c1NC(=O)[C@@]21[NH2+][C@@H]([C@@H](C)O)[C@H]2C(=O)N(CCCOC)C(=O)[C@H]21. The summed E-state index contributed by atoms with van der Waals surface area (Å²) in [6.45, 7) is 4.31. The summed E-state index contributed by atoms with van der Waals surface area (Å²) in [5.41, 5.74) is 1.24. The van der Waals surface area contributed by atoms with Crippen LogP contribution in [0.25, 0.3) is 0 Å². The fourth-order valence-corrected chi connectivity index (χ4v) is 5.36. The van der Waals surface area contributed by atoms with Crippen molar-refractivity contribution in [2.75, 3.05) is 25.6 Å². The molecule has 0 radical (unpaired) electrons. The molecule has 0 saturated carbocycles. The number of anilines is 1. The molecule has 3 aliphatic rings. The molecule has 0 aromatic heterocycles. The van der Waals surface area contributed by atoms with Crippen LogP contribution in [0, 0.1) is 11.8 Å². The molecule has 1 aromatic rings. The molecule has 1 aromatic carbocycles. The van der Waals surface area contributed by atoms with Crippen molar-refractivity contribution in [3.05, 3.63) is 29.3 Å². The largest absolute Gasteiger partial charge is 0.387 e. The Kier molecular flexibility index (Phi) is 4.96. The number of carbonyl (C=O) groups is 3. The number of rotatable bonds is 6. The molecule has 0 bridgehead atoms. The lowest BCUT2D eigenvalue weighted by atomic mass is 9.76. The van der Waals surface area contributed by atoms with E-state index < -0.39 is 29.5 Å². The predicted octanol–water partition coefficient (Wildman–Crippen LogP) is -0.639. The van der Waals surface area contributed by atoms with Gasteiger partial charge in [0.05, 0.1) is 5.69 Å². The van der Waals surface area contributed by atoms with Crippen molar-refractivity contribution in [1.82, 2.24) is 4.90 Å². The molecule has 3 aliphatic heterocycles. The number of nitrogens with zero attached hydrogens (tertiary/aromatic N) is 1. The number of nitrogens with one attached hydrogen (secondary N) is 1. The zero-order valence-electron chi connectivity index (χ0n) is 17.0. The molecule has 2 saturated heterocycles. The first-order valence-electron chi connectivity index (χ1n) is 10.2. The van der Waals surface area contributed by atoms with Crippen LogP contribution >= 0.6 is 0 Å². The lowest BCUT2D eigenvalue weighted by Gasteiger charge is -2.27. The van der Waals surface area contributed by atoms with Crippen LogP contribution in [0.15, 0.2) is 18.2 Å². The monoisotopic (exact) mass is 402 g/mol. The number of aliphatic hydroxyl groups excluding tert-OH is 1. The van der Waals surface area contributed by atoms with Crippen molar-refractivity contribution in [2.24, 2.45) is 11.8 Å². The number of imide groups is 1. The summed E-state index contributed by atoms with van der Waals surface area (Å²) in [5.74, 6) is -2.48. The van der Waals surface area contributed by atoms with E-state index in [1.807, 2.05) is 25.1 Å². The summed E-state index contributed by atoms with van der Waals surface area (Å²) < 4.78 is 5.05. The minimum atomic E-state index is -1.23. The molecular formula is C21H28N3O5+. The average Bonchev–Trinajstić information content (AvgIpc) is 3.28. The summed E-state index contributed by atoms with van der Waals surface area (Å²) in [7, 11) is 1.57. The third-order valence-corrected chi connectivity index (χ3v) is 6.68. The standard InChI is InChI=1S/C21H27N3O5/c1-4-12-7-5-8-13-17(12)22-20(28)21(13)15-14(16(23-21)11(2)25)18(26)24(19(15)27)9-6-10-29-3/h5,7-8,11,14-16,23,25H,4,6,9-10H2,1-3H3,(H,22,28)/p+1/t11-,14+,15+,16+,21-/m1/s1. The van der Waals surface area contributed by atoms with Crippen molar-refractivity contribution in [2.45, 2.75) is 44.4 Å². The van der Waals surface area contributed by atoms with Crippen LogP contribution in [-0.2, 0) is 31.1 Å². The van der Waals surface area contributed by atoms with E-state index >= 15 is 0 Å². The maximum absolute atomic E-state index is 13.4. The molecular weight excluding hydrogens is 374 g/mol. The summed E-state index contributed by atoms with van der Waals surface area (Å²) in [4.78, 5) is 41.2. The van der Waals surface area contributed by atoms with Gasteiger partial charge in [-0.15, -0.1) is 0 Å². The van der Waals surface area contributed by atoms with Crippen molar-refractivity contribution in [3.63, 3.8) is 0 Å². The number of likely N-dealkylation sites (tertiary alicyclic amines) is 1. The Morgan fingerprint density at radius 3 is 2.72 bits per heavy atom. The lowest BCUT2D eigenvalue weighted by Crippen LogP contribution is -3.00. The number of aliphatic hydroxyl groups is 1. The van der Waals surface area contributed by atoms with Crippen LogP contribution < -0.4 is 10.6 Å². The Labute approximate surface area is 169 Å². The van der Waals surface area contributed by atoms with E-state index in [1.54, 1.807) is 19.4 Å². The van der Waals surface area contributed by atoms with Crippen LogP contribution in [0.5, 0.6) is 0 Å². The highest BCUT2D eigenvalue weighted by atomic mass is 16.5. The first kappa shape index (κ1) is 20.0. The van der Waals surface area contributed by atoms with Gasteiger partial charge in [0.2, 0.25) is 17.4 Å². The van der Waals surface area contributed by atoms with Crippen molar-refractivity contribution < 1.29 is 29.5 Å². The van der Waals surface area contributed by atoms with Gasteiger partial charge in [-0.2, -0.15) is 0 Å². The first-order chi connectivity index (χ1) is 13.9. The summed E-state index contributed by atoms with van der Waals surface area (Å²) in [6, 6.07) is 5.13. The zero-order chi connectivity index (χ0) is 20.9. The van der Waals surface area contributed by atoms with Gasteiger partial charge in [0.25, 0.3) is 5.91 Å². The van der Waals surface area contributed by atoms with E-state index in [4.69, 9.17) is 4.74 Å². The number of benzene rings is 1. The Hall–Kier alpha value is -2.29. The third kappa shape index (κ3) is 2.66. The van der Waals surface area contributed by atoms with E-state index in [2.05, 4.69) is 5.32 Å². The number of para-hydroxylation sites is 1. The van der Waals surface area contributed by atoms with Crippen molar-refractivity contribution in [1.29, 1.82) is 0 Å². The summed E-state index contributed by atoms with van der Waals surface area (Å²) in [5, 5.41) is 15.1. The van der Waals surface area contributed by atoms with Gasteiger partial charge in [0.15, 0.2) is 0 Å². The van der Waals surface area contributed by atoms with Crippen LogP contribution in [0.1, 0.15) is 31.4 Å². The number of methoxy groups -OCH3 is 1. The number of hydrogen-bond donors (Lipinski definition) is 3. The Morgan fingerprint density at radius 1 is 1.31 bits per heavy atom. The topological polar surface area (TPSA) is 113 Å². The quantitative estimate of drug-likeness (QED) is 0.433. The highest BCUT2D eigenvalue weighted by Gasteiger charge is 2.74. The Balaban J connectivity index is 1.82. The molecule has 8 heteroatoms. The summed E-state index contributed by atoms with van der Waals surface area (Å²) >= 11 is 0. The van der Waals surface area contributed by atoms with Gasteiger partial charge in [0.1, 0.15) is 24.0 Å². The fraction of sp³-hybridized carbons (Fsp3) is 0.571. The highest BCUT2D eigenvalue weighted by molar-refractivity contribution is 6.14. The number of carbonyl (C=O) groups excluding carboxylic acids is 3. The van der Waals surface area contributed by atoms with Gasteiger partial charge in [-0.1, -0.05) is 25.1 Å². The van der Waals surface area contributed by atoms with Gasteiger partial charge in [-0.3, -0.25) is 19.3 Å². The number of amides is 3. The number of ether oxygens (including phenoxy) is 1. The summed E-state index contributed by atoms with van der Waals surface area (Å²) in [6.07, 6.45) is 0.430. The smallest absolute Gasteiger partial charge is 0.291 e. The first-order valence-corrected chi connectivity index (χ1v) is 10.2. The molecule has 0 aliphatic carbocycles. The number of nitrogens with two attached hydrogens (primary N) is 1. The molecule has 5 atom stereocenters. The molecule has 1 spiro atoms. The molecule has 3 amide bonds. The maximum Gasteiger partial charge on any atom is 0.291 e. The van der Waals surface area contributed by atoms with Crippen LogP contribution in [0.2, 0.25) is 0 Å². The molecule has 156 valence electrons. The lowest BCUT2D eigenvalue weighted by molar-refractivity contribution is -0.738. The number of hydrogen-bond acceptors (Lipinski definition) is 5. The minimum absolute atomic E-state index is 0.255. The maximum atomic E-state index is 13.4. The van der Waals surface area contributed by atoms with E-state index in [1.165, 1.54) is 4.90 Å². The van der Waals surface area contributed by atoms with Crippen molar-refractivity contribution >= 4 is 23.4 Å². The van der Waals surface area contributed by atoms with E-state index in [0.717, 1.165) is 23.2 Å². The van der Waals surface area contributed by atoms with Crippen LogP contribution in [0.3, 0.4) is 0 Å². The molecule has 4 rings (SSSR count). The van der Waals surface area contributed by atoms with E-state index in [0.29, 0.717) is 13.0 Å². The molecule has 2 fully saturated rings. The molecule has 4 N–H and O–H groups in total. The van der Waals surface area contributed by atoms with Crippen LogP contribution in [-0.4, -0.2) is 60.1 Å². The molecule has 3 heterocycles. The van der Waals surface area contributed by atoms with E-state index in [9.17, 15) is 19.5 Å². The molecule has 29 heavy (non-hydrogen) atoms. The van der Waals surface area contributed by atoms with Gasteiger partial charge >= 0.3 is 0 Å². The number of quaternary nitrogens is 1. The van der Waals surface area contributed by atoms with Gasteiger partial charge in [0, 0.05) is 25.8 Å². The van der Waals surface area contributed by atoms with Crippen LogP contribution in [0.4, 0.5) is 5.69 Å². The second kappa shape index (κ2) is 7.19. The van der Waals surface area contributed by atoms with E-state index in [-0.39, 0.29) is 24.3 Å². The molecule has 8 nitrogen and oxygen atoms in total. The predicted molar refractivity (Wildman–Crippen MR) is 104 cm³/mol.